The first-order valence-electron chi connectivity index (χ1n) is 5.23. The third-order valence-corrected chi connectivity index (χ3v) is 2.91. The Kier molecular flexibility index (Phi) is 4.53. The molecule has 0 bridgehead atoms. The van der Waals surface area contributed by atoms with Gasteiger partial charge in [-0.1, -0.05) is 32.1 Å². The Balaban J connectivity index is 2.53. The van der Waals surface area contributed by atoms with E-state index in [9.17, 15) is 4.79 Å². The van der Waals surface area contributed by atoms with E-state index in [2.05, 4.69) is 6.07 Å². The van der Waals surface area contributed by atoms with Gasteiger partial charge in [-0.25, -0.2) is 0 Å². The van der Waals surface area contributed by atoms with Crippen LogP contribution in [0, 0.1) is 23.2 Å². The molecule has 1 fully saturated rings. The molecule has 0 spiro atoms. The molecular formula is C11H17NO. The fourth-order valence-corrected chi connectivity index (χ4v) is 2.01. The van der Waals surface area contributed by atoms with Crippen molar-refractivity contribution in [3.8, 4) is 6.07 Å². The lowest BCUT2D eigenvalue weighted by atomic mass is 9.88. The molecule has 0 heterocycles. The quantitative estimate of drug-likeness (QED) is 0.581. The molecule has 0 N–H and O–H groups in total. The van der Waals surface area contributed by atoms with E-state index < -0.39 is 0 Å². The van der Waals surface area contributed by atoms with Crippen molar-refractivity contribution in [1.82, 2.24) is 0 Å². The first-order chi connectivity index (χ1) is 6.38. The van der Waals surface area contributed by atoms with E-state index in [-0.39, 0.29) is 11.8 Å². The summed E-state index contributed by atoms with van der Waals surface area (Å²) in [5.41, 5.74) is 0. The summed E-state index contributed by atoms with van der Waals surface area (Å²) in [6.45, 7) is 0. The molecule has 13 heavy (non-hydrogen) atoms. The van der Waals surface area contributed by atoms with E-state index in [1.807, 2.05) is 0 Å². The molecule has 0 saturated heterocycles. The normalized spacial score (nSPS) is 30.7. The molecule has 2 unspecified atom stereocenters. The van der Waals surface area contributed by atoms with Crippen molar-refractivity contribution in [3.63, 3.8) is 0 Å². The SMILES string of the molecule is N#CC1CCCCCCCC1C=O. The lowest BCUT2D eigenvalue weighted by Crippen LogP contribution is -2.14. The summed E-state index contributed by atoms with van der Waals surface area (Å²) >= 11 is 0. The van der Waals surface area contributed by atoms with Crippen LogP contribution >= 0.6 is 0 Å². The molecule has 1 saturated carbocycles. The molecule has 1 aliphatic carbocycles. The first kappa shape index (κ1) is 10.2. The highest BCUT2D eigenvalue weighted by atomic mass is 16.1. The Hall–Kier alpha value is -0.840. The van der Waals surface area contributed by atoms with Crippen LogP contribution in [0.4, 0.5) is 0 Å². The van der Waals surface area contributed by atoms with Gasteiger partial charge in [0.2, 0.25) is 0 Å². The molecule has 2 atom stereocenters. The van der Waals surface area contributed by atoms with Crippen LogP contribution in [0.1, 0.15) is 44.9 Å². The van der Waals surface area contributed by atoms with E-state index in [1.165, 1.54) is 19.3 Å². The monoisotopic (exact) mass is 179 g/mol. The molecule has 0 aromatic carbocycles. The minimum atomic E-state index is -0.0180. The van der Waals surface area contributed by atoms with E-state index in [4.69, 9.17) is 5.26 Å². The van der Waals surface area contributed by atoms with Crippen LogP contribution in [0.25, 0.3) is 0 Å². The van der Waals surface area contributed by atoms with Gasteiger partial charge in [-0.2, -0.15) is 5.26 Å². The summed E-state index contributed by atoms with van der Waals surface area (Å²) in [4.78, 5) is 10.8. The number of rotatable bonds is 1. The van der Waals surface area contributed by atoms with Crippen LogP contribution < -0.4 is 0 Å². The Labute approximate surface area is 79.9 Å². The van der Waals surface area contributed by atoms with Gasteiger partial charge in [-0.05, 0) is 12.8 Å². The van der Waals surface area contributed by atoms with E-state index >= 15 is 0 Å². The average molecular weight is 179 g/mol. The Morgan fingerprint density at radius 1 is 1.08 bits per heavy atom. The maximum Gasteiger partial charge on any atom is 0.124 e. The zero-order chi connectivity index (χ0) is 9.52. The minimum Gasteiger partial charge on any atom is -0.303 e. The minimum absolute atomic E-state index is 0.00287. The van der Waals surface area contributed by atoms with Gasteiger partial charge in [-0.3, -0.25) is 0 Å². The van der Waals surface area contributed by atoms with Crippen molar-refractivity contribution < 1.29 is 4.79 Å². The summed E-state index contributed by atoms with van der Waals surface area (Å²) < 4.78 is 0. The number of nitrogens with zero attached hydrogens (tertiary/aromatic N) is 1. The van der Waals surface area contributed by atoms with Crippen molar-refractivity contribution in [2.75, 3.05) is 0 Å². The molecule has 0 radical (unpaired) electrons. The van der Waals surface area contributed by atoms with E-state index in [0.29, 0.717) is 0 Å². The third-order valence-electron chi connectivity index (χ3n) is 2.91. The zero-order valence-electron chi connectivity index (χ0n) is 8.04. The molecule has 2 heteroatoms. The van der Waals surface area contributed by atoms with Gasteiger partial charge in [-0.15, -0.1) is 0 Å². The Morgan fingerprint density at radius 3 is 2.31 bits per heavy atom. The molecule has 1 aliphatic rings. The average Bonchev–Trinajstić information content (AvgIpc) is 2.28. The number of carbonyl (C=O) groups excluding carboxylic acids is 1. The standard InChI is InChI=1S/C11H17NO/c12-8-10-6-4-2-1-3-5-7-11(10)9-13/h9-11H,1-7H2. The van der Waals surface area contributed by atoms with E-state index in [0.717, 1.165) is 32.0 Å². The number of hydrogen-bond acceptors (Lipinski definition) is 2. The molecule has 1 rings (SSSR count). The van der Waals surface area contributed by atoms with Gasteiger partial charge < -0.3 is 4.79 Å². The smallest absolute Gasteiger partial charge is 0.124 e. The van der Waals surface area contributed by atoms with Crippen LogP contribution in [0.5, 0.6) is 0 Å². The zero-order valence-corrected chi connectivity index (χ0v) is 8.04. The summed E-state index contributed by atoms with van der Waals surface area (Å²) in [5, 5.41) is 8.89. The van der Waals surface area contributed by atoms with Crippen LogP contribution in [0.15, 0.2) is 0 Å². The fraction of sp³-hybridized carbons (Fsp3) is 0.818. The molecular weight excluding hydrogens is 162 g/mol. The van der Waals surface area contributed by atoms with Gasteiger partial charge in [0.1, 0.15) is 6.29 Å². The van der Waals surface area contributed by atoms with Crippen molar-refractivity contribution in [2.45, 2.75) is 44.9 Å². The highest BCUT2D eigenvalue weighted by Gasteiger charge is 2.20. The van der Waals surface area contributed by atoms with Gasteiger partial charge in [0.05, 0.1) is 12.0 Å². The second-order valence-corrected chi connectivity index (χ2v) is 3.88. The highest BCUT2D eigenvalue weighted by Crippen LogP contribution is 2.25. The lowest BCUT2D eigenvalue weighted by Gasteiger charge is -2.13. The van der Waals surface area contributed by atoms with Gasteiger partial charge >= 0.3 is 0 Å². The van der Waals surface area contributed by atoms with Crippen LogP contribution in [-0.4, -0.2) is 6.29 Å². The first-order valence-corrected chi connectivity index (χ1v) is 5.23. The summed E-state index contributed by atoms with van der Waals surface area (Å²) in [5.74, 6) is -0.0151. The molecule has 0 aromatic rings. The van der Waals surface area contributed by atoms with Gasteiger partial charge in [0, 0.05) is 5.92 Å². The predicted octanol–water partition coefficient (Wildman–Crippen LogP) is 2.69. The summed E-state index contributed by atoms with van der Waals surface area (Å²) in [7, 11) is 0. The van der Waals surface area contributed by atoms with Crippen molar-refractivity contribution >= 4 is 6.29 Å². The van der Waals surface area contributed by atoms with Crippen molar-refractivity contribution in [1.29, 1.82) is 5.26 Å². The van der Waals surface area contributed by atoms with Gasteiger partial charge in [0.25, 0.3) is 0 Å². The third kappa shape index (κ3) is 3.18. The molecule has 0 aromatic heterocycles. The maximum atomic E-state index is 10.8. The lowest BCUT2D eigenvalue weighted by molar-refractivity contribution is -0.112. The molecule has 72 valence electrons. The van der Waals surface area contributed by atoms with E-state index in [1.54, 1.807) is 0 Å². The fourth-order valence-electron chi connectivity index (χ4n) is 2.01. The van der Waals surface area contributed by atoms with Crippen LogP contribution in [0.3, 0.4) is 0 Å². The predicted molar refractivity (Wildman–Crippen MR) is 51.0 cm³/mol. The topological polar surface area (TPSA) is 40.9 Å². The molecule has 2 nitrogen and oxygen atoms in total. The largest absolute Gasteiger partial charge is 0.303 e. The number of aldehydes is 1. The summed E-state index contributed by atoms with van der Waals surface area (Å²) in [6, 6.07) is 2.27. The number of carbonyl (C=O) groups is 1. The number of hydrogen-bond donors (Lipinski definition) is 0. The Morgan fingerprint density at radius 2 is 1.69 bits per heavy atom. The number of nitriles is 1. The van der Waals surface area contributed by atoms with Crippen molar-refractivity contribution in [3.05, 3.63) is 0 Å². The Bertz CT molecular complexity index is 195. The molecule has 0 aliphatic heterocycles. The maximum absolute atomic E-state index is 10.8. The molecule has 0 amide bonds. The van der Waals surface area contributed by atoms with Crippen molar-refractivity contribution in [2.24, 2.45) is 11.8 Å². The second-order valence-electron chi connectivity index (χ2n) is 3.88. The van der Waals surface area contributed by atoms with Gasteiger partial charge in [0.15, 0.2) is 0 Å². The summed E-state index contributed by atoms with van der Waals surface area (Å²) in [6.07, 6.45) is 8.76. The van der Waals surface area contributed by atoms with Crippen LogP contribution in [-0.2, 0) is 4.79 Å². The second kappa shape index (κ2) is 5.75. The highest BCUT2D eigenvalue weighted by molar-refractivity contribution is 5.54. The van der Waals surface area contributed by atoms with Crippen LogP contribution in [0.2, 0.25) is 0 Å².